The molecule has 0 saturated carbocycles. The summed E-state index contributed by atoms with van der Waals surface area (Å²) in [5.74, 6) is -0.715. The van der Waals surface area contributed by atoms with Crippen molar-refractivity contribution in [2.75, 3.05) is 24.5 Å². The van der Waals surface area contributed by atoms with Crippen LogP contribution in [0.3, 0.4) is 0 Å². The minimum atomic E-state index is -1.07. The molecule has 5 rings (SSSR count). The van der Waals surface area contributed by atoms with Crippen LogP contribution in [0.15, 0.2) is 48.7 Å². The highest BCUT2D eigenvalue weighted by Gasteiger charge is 2.48. The van der Waals surface area contributed by atoms with Gasteiger partial charge >= 0.3 is 0 Å². The quantitative estimate of drug-likeness (QED) is 0.682. The molecular formula is C24H25FN4O3. The van der Waals surface area contributed by atoms with E-state index >= 15 is 0 Å². The van der Waals surface area contributed by atoms with Crippen LogP contribution in [-0.4, -0.2) is 56.8 Å². The van der Waals surface area contributed by atoms with Crippen molar-refractivity contribution in [3.63, 3.8) is 0 Å². The van der Waals surface area contributed by atoms with Crippen molar-refractivity contribution in [2.45, 2.75) is 25.9 Å². The summed E-state index contributed by atoms with van der Waals surface area (Å²) in [6.07, 6.45) is 1.70. The molecule has 2 fully saturated rings. The Morgan fingerprint density at radius 2 is 1.88 bits per heavy atom. The van der Waals surface area contributed by atoms with Crippen molar-refractivity contribution in [3.05, 3.63) is 54.5 Å². The van der Waals surface area contributed by atoms with E-state index < -0.39 is 5.60 Å². The summed E-state index contributed by atoms with van der Waals surface area (Å²) in [6, 6.07) is 12.0. The second-order valence-corrected chi connectivity index (χ2v) is 9.32. The molecule has 2 amide bonds. The molecule has 2 aromatic carbocycles. The average Bonchev–Trinajstić information content (AvgIpc) is 3.41. The molecule has 0 aliphatic carbocycles. The number of aromatic nitrogens is 2. The summed E-state index contributed by atoms with van der Waals surface area (Å²) in [4.78, 5) is 29.2. The molecule has 1 aromatic heterocycles. The first-order valence-corrected chi connectivity index (χ1v) is 10.8. The first kappa shape index (κ1) is 20.6. The number of carbonyl (C=O) groups excluding carboxylic acids is 2. The van der Waals surface area contributed by atoms with Crippen LogP contribution < -0.4 is 4.90 Å². The molecule has 2 aliphatic heterocycles. The van der Waals surface area contributed by atoms with Crippen LogP contribution in [0.4, 0.5) is 10.1 Å². The average molecular weight is 436 g/mol. The summed E-state index contributed by atoms with van der Waals surface area (Å²) in [6.45, 7) is 4.61. The molecule has 0 spiro atoms. The zero-order chi connectivity index (χ0) is 22.6. The van der Waals surface area contributed by atoms with E-state index in [-0.39, 0.29) is 35.9 Å². The van der Waals surface area contributed by atoms with Gasteiger partial charge in [0, 0.05) is 30.9 Å². The number of fused-ring (bicyclic) bond motifs is 2. The highest BCUT2D eigenvalue weighted by atomic mass is 19.1. The molecule has 8 heteroatoms. The fraction of sp³-hybridized carbons (Fsp3) is 0.375. The number of nitrogens with zero attached hydrogens (tertiary/aromatic N) is 4. The molecule has 7 nitrogen and oxygen atoms in total. The van der Waals surface area contributed by atoms with Gasteiger partial charge in [-0.1, -0.05) is 18.2 Å². The van der Waals surface area contributed by atoms with Gasteiger partial charge in [0.25, 0.3) is 0 Å². The Labute approximate surface area is 185 Å². The van der Waals surface area contributed by atoms with E-state index in [1.165, 1.54) is 6.07 Å². The van der Waals surface area contributed by atoms with E-state index in [4.69, 9.17) is 0 Å². The van der Waals surface area contributed by atoms with Gasteiger partial charge in [-0.3, -0.25) is 9.59 Å². The van der Waals surface area contributed by atoms with Crippen molar-refractivity contribution in [2.24, 2.45) is 11.8 Å². The fourth-order valence-electron chi connectivity index (χ4n) is 4.85. The van der Waals surface area contributed by atoms with E-state index in [0.717, 1.165) is 16.6 Å². The van der Waals surface area contributed by atoms with Crippen molar-refractivity contribution < 1.29 is 19.1 Å². The third-order valence-electron chi connectivity index (χ3n) is 6.34. The van der Waals surface area contributed by atoms with Crippen LogP contribution in [0, 0.1) is 17.7 Å². The number of aliphatic hydroxyl groups is 1. The topological polar surface area (TPSA) is 78.7 Å². The van der Waals surface area contributed by atoms with Gasteiger partial charge in [-0.15, -0.1) is 0 Å². The largest absolute Gasteiger partial charge is 0.390 e. The van der Waals surface area contributed by atoms with Gasteiger partial charge in [0.1, 0.15) is 11.5 Å². The Balaban J connectivity index is 1.41. The number of halogens is 1. The molecular weight excluding hydrogens is 411 g/mol. The Kier molecular flexibility index (Phi) is 4.78. The maximum absolute atomic E-state index is 14.3. The van der Waals surface area contributed by atoms with Crippen LogP contribution in [0.1, 0.15) is 20.3 Å². The second kappa shape index (κ2) is 7.41. The molecule has 32 heavy (non-hydrogen) atoms. The Morgan fingerprint density at radius 3 is 2.59 bits per heavy atom. The number of hydrogen-bond acceptors (Lipinski definition) is 4. The van der Waals surface area contributed by atoms with Crippen LogP contribution in [0.25, 0.3) is 16.6 Å². The van der Waals surface area contributed by atoms with Gasteiger partial charge in [-0.2, -0.15) is 5.10 Å². The number of amides is 2. The van der Waals surface area contributed by atoms with Crippen LogP contribution in [-0.2, 0) is 9.59 Å². The minimum Gasteiger partial charge on any atom is -0.390 e. The SMILES string of the molecule is CC(C)(O)CC(=O)N1C[C@H]2CN(c3cccc4c3cnn4-c3ccccc3F)C(=O)[C@H]2C1. The van der Waals surface area contributed by atoms with E-state index in [9.17, 15) is 19.1 Å². The van der Waals surface area contributed by atoms with Crippen molar-refractivity contribution >= 4 is 28.4 Å². The zero-order valence-corrected chi connectivity index (χ0v) is 18.0. The Morgan fingerprint density at radius 1 is 1.12 bits per heavy atom. The number of rotatable bonds is 4. The minimum absolute atomic E-state index is 0.0142. The Bertz CT molecular complexity index is 1220. The zero-order valence-electron chi connectivity index (χ0n) is 18.0. The maximum Gasteiger partial charge on any atom is 0.232 e. The molecule has 2 saturated heterocycles. The summed E-state index contributed by atoms with van der Waals surface area (Å²) < 4.78 is 15.9. The lowest BCUT2D eigenvalue weighted by Gasteiger charge is -2.25. The normalized spacial score (nSPS) is 20.9. The second-order valence-electron chi connectivity index (χ2n) is 9.32. The summed E-state index contributed by atoms with van der Waals surface area (Å²) in [5.41, 5.74) is 0.752. The fourth-order valence-corrected chi connectivity index (χ4v) is 4.85. The summed E-state index contributed by atoms with van der Waals surface area (Å²) in [7, 11) is 0. The van der Waals surface area contributed by atoms with Crippen molar-refractivity contribution in [1.29, 1.82) is 0 Å². The summed E-state index contributed by atoms with van der Waals surface area (Å²) in [5, 5.41) is 15.1. The smallest absolute Gasteiger partial charge is 0.232 e. The maximum atomic E-state index is 14.3. The Hall–Kier alpha value is -3.26. The molecule has 3 heterocycles. The predicted molar refractivity (Wildman–Crippen MR) is 118 cm³/mol. The number of anilines is 1. The van der Waals surface area contributed by atoms with E-state index in [1.807, 2.05) is 18.2 Å². The van der Waals surface area contributed by atoms with Crippen LogP contribution in [0.2, 0.25) is 0 Å². The number of carbonyl (C=O) groups is 2. The third-order valence-corrected chi connectivity index (χ3v) is 6.34. The lowest BCUT2D eigenvalue weighted by molar-refractivity contribution is -0.134. The van der Waals surface area contributed by atoms with Crippen molar-refractivity contribution in [3.8, 4) is 5.69 Å². The molecule has 2 aliphatic rings. The molecule has 2 atom stereocenters. The third kappa shape index (κ3) is 3.44. The van der Waals surface area contributed by atoms with Crippen LogP contribution >= 0.6 is 0 Å². The monoisotopic (exact) mass is 436 g/mol. The van der Waals surface area contributed by atoms with Gasteiger partial charge < -0.3 is 14.9 Å². The molecule has 166 valence electrons. The number of likely N-dealkylation sites (tertiary alicyclic amines) is 1. The van der Waals surface area contributed by atoms with E-state index in [2.05, 4.69) is 5.10 Å². The van der Waals surface area contributed by atoms with Gasteiger partial charge in [-0.25, -0.2) is 9.07 Å². The lowest BCUT2D eigenvalue weighted by atomic mass is 10.0. The van der Waals surface area contributed by atoms with Gasteiger partial charge in [0.15, 0.2) is 0 Å². The number of hydrogen-bond donors (Lipinski definition) is 1. The van der Waals surface area contributed by atoms with Gasteiger partial charge in [0.05, 0.1) is 35.3 Å². The van der Waals surface area contributed by atoms with Crippen LogP contribution in [0.5, 0.6) is 0 Å². The molecule has 0 bridgehead atoms. The number of benzene rings is 2. The lowest BCUT2D eigenvalue weighted by Crippen LogP contribution is -2.38. The highest BCUT2D eigenvalue weighted by Crippen LogP contribution is 2.38. The first-order chi connectivity index (χ1) is 15.2. The van der Waals surface area contributed by atoms with Crippen molar-refractivity contribution in [1.82, 2.24) is 14.7 Å². The standard InChI is InChI=1S/C24H25FN4O3/c1-24(2,32)10-22(30)27-12-15-13-28(23(31)17(15)14-27)19-8-5-9-20-16(19)11-26-29(20)21-7-4-3-6-18(21)25/h3-9,11,15,17,32H,10,12-14H2,1-2H3/t15-,17-/m0/s1. The van der Waals surface area contributed by atoms with E-state index in [0.29, 0.717) is 25.3 Å². The highest BCUT2D eigenvalue weighted by molar-refractivity contribution is 6.05. The van der Waals surface area contributed by atoms with Gasteiger partial charge in [0.2, 0.25) is 11.8 Å². The van der Waals surface area contributed by atoms with Gasteiger partial charge in [-0.05, 0) is 38.1 Å². The predicted octanol–water partition coefficient (Wildman–Crippen LogP) is 2.75. The molecule has 1 N–H and O–H groups in total. The van der Waals surface area contributed by atoms with E-state index in [1.54, 1.807) is 52.7 Å². The molecule has 0 unspecified atom stereocenters. The molecule has 3 aromatic rings. The molecule has 0 radical (unpaired) electrons. The number of para-hydroxylation sites is 1. The summed E-state index contributed by atoms with van der Waals surface area (Å²) >= 11 is 0. The first-order valence-electron chi connectivity index (χ1n) is 10.8.